The van der Waals surface area contributed by atoms with E-state index in [1.165, 1.54) is 5.56 Å². The van der Waals surface area contributed by atoms with Crippen molar-refractivity contribution in [2.75, 3.05) is 20.1 Å². The molecule has 1 amide bonds. The Balaban J connectivity index is 1.48. The summed E-state index contributed by atoms with van der Waals surface area (Å²) in [5.74, 6) is 0.169. The second-order valence-corrected chi connectivity index (χ2v) is 9.84. The highest BCUT2D eigenvalue weighted by Gasteiger charge is 2.64. The summed E-state index contributed by atoms with van der Waals surface area (Å²) >= 11 is 0. The number of carbonyl (C=O) groups excluding carboxylic acids is 1. The lowest BCUT2D eigenvalue weighted by Gasteiger charge is -2.65. The SMILES string of the molecule is C=CCN1CC[C@]23CC(N(C)C(=O)/C=C/c4ccoc4)CC[C@@]2(O)[C@H]1Cc1ccc(O)cc13. The summed E-state index contributed by atoms with van der Waals surface area (Å²) in [4.78, 5) is 17.1. The molecule has 2 fully saturated rings. The molecule has 0 radical (unpaired) electrons. The van der Waals surface area contributed by atoms with Gasteiger partial charge in [-0.15, -0.1) is 6.58 Å². The van der Waals surface area contributed by atoms with Crippen LogP contribution >= 0.6 is 0 Å². The molecular formula is C27H32N2O4. The van der Waals surface area contributed by atoms with E-state index in [0.717, 1.165) is 43.5 Å². The number of carbonyl (C=O) groups is 1. The first-order valence-electron chi connectivity index (χ1n) is 11.7. The van der Waals surface area contributed by atoms with Gasteiger partial charge in [0.1, 0.15) is 5.75 Å². The molecule has 6 heteroatoms. The first-order valence-corrected chi connectivity index (χ1v) is 11.7. The number of aliphatic hydroxyl groups is 1. The van der Waals surface area contributed by atoms with Crippen molar-refractivity contribution in [3.05, 3.63) is 72.2 Å². The maximum atomic E-state index is 13.0. The highest BCUT2D eigenvalue weighted by molar-refractivity contribution is 5.91. The maximum absolute atomic E-state index is 13.0. The van der Waals surface area contributed by atoms with Gasteiger partial charge in [0.25, 0.3) is 0 Å². The molecule has 2 heterocycles. The number of rotatable bonds is 5. The molecule has 2 aliphatic carbocycles. The largest absolute Gasteiger partial charge is 0.508 e. The topological polar surface area (TPSA) is 77.2 Å². The Labute approximate surface area is 194 Å². The number of benzene rings is 1. The molecule has 0 spiro atoms. The van der Waals surface area contributed by atoms with Crippen LogP contribution in [0.3, 0.4) is 0 Å². The standard InChI is InChI=1S/C27H32N2O4/c1-3-12-29-13-11-26-17-21(28(2)25(31)7-4-19-9-14-33-18-19)8-10-27(26,32)24(29)15-20-5-6-22(30)16-23(20)26/h3-7,9,14,16,18,21,24,30,32H,1,8,10-13,15,17H2,2H3/b7-4+/t21?,24-,26-,27-/m1/s1. The molecule has 1 aliphatic heterocycles. The van der Waals surface area contributed by atoms with Gasteiger partial charge >= 0.3 is 0 Å². The van der Waals surface area contributed by atoms with Gasteiger partial charge in [0.2, 0.25) is 5.91 Å². The molecule has 5 rings (SSSR count). The molecule has 33 heavy (non-hydrogen) atoms. The lowest BCUT2D eigenvalue weighted by Crippen LogP contribution is -2.74. The fourth-order valence-electron chi connectivity index (χ4n) is 6.63. The van der Waals surface area contributed by atoms with Crippen molar-refractivity contribution in [2.24, 2.45) is 0 Å². The second kappa shape index (κ2) is 8.19. The summed E-state index contributed by atoms with van der Waals surface area (Å²) in [7, 11) is 1.85. The van der Waals surface area contributed by atoms with Crippen molar-refractivity contribution in [3.63, 3.8) is 0 Å². The number of nitrogens with zero attached hydrogens (tertiary/aromatic N) is 2. The van der Waals surface area contributed by atoms with Gasteiger partial charge in [-0.2, -0.15) is 0 Å². The molecule has 4 atom stereocenters. The third kappa shape index (κ3) is 3.44. The van der Waals surface area contributed by atoms with Crippen LogP contribution in [0.25, 0.3) is 6.08 Å². The van der Waals surface area contributed by atoms with E-state index in [9.17, 15) is 15.0 Å². The van der Waals surface area contributed by atoms with E-state index in [-0.39, 0.29) is 23.7 Å². The highest BCUT2D eigenvalue weighted by Crippen LogP contribution is 2.59. The zero-order valence-electron chi connectivity index (χ0n) is 19.1. The van der Waals surface area contributed by atoms with Crippen molar-refractivity contribution in [2.45, 2.75) is 55.2 Å². The number of likely N-dealkylation sites (tertiary alicyclic amines) is 1. The Bertz CT molecular complexity index is 1080. The Morgan fingerprint density at radius 2 is 2.21 bits per heavy atom. The van der Waals surface area contributed by atoms with Gasteiger partial charge in [0.05, 0.1) is 18.1 Å². The number of hydrogen-bond acceptors (Lipinski definition) is 5. The average Bonchev–Trinajstić information content (AvgIpc) is 3.33. The van der Waals surface area contributed by atoms with E-state index in [1.54, 1.807) is 30.7 Å². The van der Waals surface area contributed by atoms with Crippen molar-refractivity contribution < 1.29 is 19.4 Å². The smallest absolute Gasteiger partial charge is 0.246 e. The minimum absolute atomic E-state index is 0.00392. The summed E-state index contributed by atoms with van der Waals surface area (Å²) in [6.07, 6.45) is 12.0. The number of phenols is 1. The van der Waals surface area contributed by atoms with Gasteiger partial charge in [0.15, 0.2) is 0 Å². The Morgan fingerprint density at radius 3 is 2.97 bits per heavy atom. The van der Waals surface area contributed by atoms with Crippen molar-refractivity contribution in [1.29, 1.82) is 0 Å². The second-order valence-electron chi connectivity index (χ2n) is 9.84. The lowest BCUT2D eigenvalue weighted by molar-refractivity contribution is -0.175. The van der Waals surface area contributed by atoms with Crippen LogP contribution in [0.5, 0.6) is 5.75 Å². The quantitative estimate of drug-likeness (QED) is 0.541. The fraction of sp³-hybridized carbons (Fsp3) is 0.444. The van der Waals surface area contributed by atoms with E-state index in [4.69, 9.17) is 4.42 Å². The number of furan rings is 1. The minimum atomic E-state index is -0.901. The Kier molecular flexibility index (Phi) is 5.46. The normalized spacial score (nSPS) is 31.1. The van der Waals surface area contributed by atoms with E-state index in [1.807, 2.05) is 36.2 Å². The van der Waals surface area contributed by atoms with Crippen LogP contribution in [0.4, 0.5) is 0 Å². The summed E-state index contributed by atoms with van der Waals surface area (Å²) in [6.45, 7) is 5.53. The molecule has 3 aliphatic rings. The molecule has 174 valence electrons. The average molecular weight is 449 g/mol. The van der Waals surface area contributed by atoms with E-state index in [0.29, 0.717) is 12.8 Å². The predicted molar refractivity (Wildman–Crippen MR) is 127 cm³/mol. The number of piperidine rings is 1. The summed E-state index contributed by atoms with van der Waals surface area (Å²) in [5.41, 5.74) is 1.70. The maximum Gasteiger partial charge on any atom is 0.246 e. The zero-order chi connectivity index (χ0) is 23.2. The third-order valence-electron chi connectivity index (χ3n) is 8.33. The summed E-state index contributed by atoms with van der Waals surface area (Å²) in [6, 6.07) is 7.41. The molecule has 1 saturated heterocycles. The molecule has 1 aromatic heterocycles. The van der Waals surface area contributed by atoms with Gasteiger partial charge in [-0.3, -0.25) is 9.69 Å². The fourth-order valence-corrected chi connectivity index (χ4v) is 6.63. The van der Waals surface area contributed by atoms with E-state index >= 15 is 0 Å². The van der Waals surface area contributed by atoms with E-state index in [2.05, 4.69) is 11.5 Å². The van der Waals surface area contributed by atoms with Gasteiger partial charge in [0, 0.05) is 42.7 Å². The summed E-state index contributed by atoms with van der Waals surface area (Å²) < 4.78 is 5.07. The molecule has 1 unspecified atom stereocenters. The van der Waals surface area contributed by atoms with Crippen LogP contribution in [0.1, 0.15) is 42.4 Å². The molecular weight excluding hydrogens is 416 g/mol. The van der Waals surface area contributed by atoms with Crippen molar-refractivity contribution >= 4 is 12.0 Å². The van der Waals surface area contributed by atoms with Crippen LogP contribution in [-0.2, 0) is 16.6 Å². The van der Waals surface area contributed by atoms with Gasteiger partial charge < -0.3 is 19.5 Å². The van der Waals surface area contributed by atoms with Crippen LogP contribution in [0, 0.1) is 0 Å². The highest BCUT2D eigenvalue weighted by atomic mass is 16.3. The molecule has 1 saturated carbocycles. The molecule has 2 aromatic rings. The lowest BCUT2D eigenvalue weighted by atomic mass is 9.48. The number of fused-ring (bicyclic) bond motifs is 1. The Morgan fingerprint density at radius 1 is 1.36 bits per heavy atom. The first-order chi connectivity index (χ1) is 15.9. The number of phenolic OH excluding ortho intramolecular Hbond substituents is 1. The van der Waals surface area contributed by atoms with Crippen LogP contribution < -0.4 is 0 Å². The molecule has 2 bridgehead atoms. The number of hydrogen-bond donors (Lipinski definition) is 2. The van der Waals surface area contributed by atoms with Crippen LogP contribution in [0.2, 0.25) is 0 Å². The first kappa shape index (κ1) is 22.0. The molecule has 1 aromatic carbocycles. The third-order valence-corrected chi connectivity index (χ3v) is 8.33. The van der Waals surface area contributed by atoms with Crippen LogP contribution in [0.15, 0.2) is 59.9 Å². The monoisotopic (exact) mass is 448 g/mol. The van der Waals surface area contributed by atoms with E-state index < -0.39 is 11.0 Å². The number of aromatic hydroxyl groups is 1. The minimum Gasteiger partial charge on any atom is -0.508 e. The van der Waals surface area contributed by atoms with Crippen molar-refractivity contribution in [3.8, 4) is 5.75 Å². The molecule has 2 N–H and O–H groups in total. The number of likely N-dealkylation sites (N-methyl/N-ethyl adjacent to an activating group) is 1. The van der Waals surface area contributed by atoms with Gasteiger partial charge in [-0.1, -0.05) is 12.1 Å². The Hall–Kier alpha value is -2.83. The van der Waals surface area contributed by atoms with Crippen molar-refractivity contribution in [1.82, 2.24) is 9.80 Å². The summed E-state index contributed by atoms with van der Waals surface area (Å²) in [5, 5.41) is 22.6. The molecule has 6 nitrogen and oxygen atoms in total. The zero-order valence-corrected chi connectivity index (χ0v) is 19.1. The van der Waals surface area contributed by atoms with Gasteiger partial charge in [-0.05, 0) is 74.1 Å². The number of amides is 1. The predicted octanol–water partition coefficient (Wildman–Crippen LogP) is 3.49. The van der Waals surface area contributed by atoms with Gasteiger partial charge in [-0.25, -0.2) is 0 Å². The van der Waals surface area contributed by atoms with Crippen LogP contribution in [-0.4, -0.2) is 63.7 Å².